The van der Waals surface area contributed by atoms with Crippen molar-refractivity contribution in [1.29, 1.82) is 0 Å². The topological polar surface area (TPSA) is 28.3 Å². The van der Waals surface area contributed by atoms with E-state index in [1.807, 2.05) is 19.1 Å². The third-order valence-electron chi connectivity index (χ3n) is 5.34. The van der Waals surface area contributed by atoms with Crippen LogP contribution in [-0.4, -0.2) is 35.6 Å². The van der Waals surface area contributed by atoms with Gasteiger partial charge in [-0.25, -0.2) is 0 Å². The van der Waals surface area contributed by atoms with E-state index in [9.17, 15) is 0 Å². The standard InChI is InChI=1S/C24H28N2OS/c1-4-27-19-5-7-20(8-6-19)28-21-9-10-24-22(15-21)23(16-25-24)18-11-13-26(14-12-18)17(2)3/h5-11,15-17,25H,4,12-14H2,1-3H3. The Kier molecular flexibility index (Phi) is 5.79. The van der Waals surface area contributed by atoms with Gasteiger partial charge in [0.2, 0.25) is 0 Å². The Morgan fingerprint density at radius 1 is 1.11 bits per heavy atom. The van der Waals surface area contributed by atoms with E-state index in [4.69, 9.17) is 4.74 Å². The fraction of sp³-hybridized carbons (Fsp3) is 0.333. The van der Waals surface area contributed by atoms with Gasteiger partial charge in [-0.3, -0.25) is 4.90 Å². The van der Waals surface area contributed by atoms with E-state index in [1.165, 1.54) is 31.8 Å². The molecule has 1 aliphatic rings. The summed E-state index contributed by atoms with van der Waals surface area (Å²) in [7, 11) is 0. The molecular formula is C24H28N2OS. The highest BCUT2D eigenvalue weighted by Gasteiger charge is 2.17. The predicted molar refractivity (Wildman–Crippen MR) is 119 cm³/mol. The van der Waals surface area contributed by atoms with Crippen molar-refractivity contribution in [3.8, 4) is 5.75 Å². The second-order valence-electron chi connectivity index (χ2n) is 7.48. The maximum absolute atomic E-state index is 5.54. The third-order valence-corrected chi connectivity index (χ3v) is 6.34. The van der Waals surface area contributed by atoms with Crippen LogP contribution in [0.1, 0.15) is 32.8 Å². The van der Waals surface area contributed by atoms with Crippen LogP contribution in [0.3, 0.4) is 0 Å². The molecule has 28 heavy (non-hydrogen) atoms. The minimum absolute atomic E-state index is 0.609. The monoisotopic (exact) mass is 392 g/mol. The first-order chi connectivity index (χ1) is 13.6. The molecule has 4 rings (SSSR count). The molecule has 4 heteroatoms. The van der Waals surface area contributed by atoms with Gasteiger partial charge < -0.3 is 9.72 Å². The summed E-state index contributed by atoms with van der Waals surface area (Å²) in [6, 6.07) is 15.7. The molecule has 1 aliphatic heterocycles. The Morgan fingerprint density at radius 2 is 1.89 bits per heavy atom. The minimum Gasteiger partial charge on any atom is -0.494 e. The molecule has 0 bridgehead atoms. The molecular weight excluding hydrogens is 364 g/mol. The van der Waals surface area contributed by atoms with Crippen LogP contribution in [0.15, 0.2) is 64.5 Å². The van der Waals surface area contributed by atoms with E-state index >= 15 is 0 Å². The lowest BCUT2D eigenvalue weighted by atomic mass is 9.98. The highest BCUT2D eigenvalue weighted by Crippen LogP contribution is 2.35. The van der Waals surface area contributed by atoms with Gasteiger partial charge in [0.05, 0.1) is 6.61 Å². The molecule has 3 nitrogen and oxygen atoms in total. The number of nitrogens with zero attached hydrogens (tertiary/aromatic N) is 1. The zero-order valence-corrected chi connectivity index (χ0v) is 17.7. The molecule has 0 saturated heterocycles. The maximum atomic E-state index is 5.54. The zero-order valence-electron chi connectivity index (χ0n) is 16.9. The summed E-state index contributed by atoms with van der Waals surface area (Å²) in [4.78, 5) is 8.46. The van der Waals surface area contributed by atoms with E-state index in [1.54, 1.807) is 11.8 Å². The minimum atomic E-state index is 0.609. The van der Waals surface area contributed by atoms with Crippen LogP contribution in [0, 0.1) is 0 Å². The number of ether oxygens (including phenoxy) is 1. The molecule has 2 heterocycles. The molecule has 0 spiro atoms. The Labute approximate surface area is 171 Å². The fourth-order valence-electron chi connectivity index (χ4n) is 3.73. The molecule has 0 fully saturated rings. The summed E-state index contributed by atoms with van der Waals surface area (Å²) in [6.07, 6.45) is 5.69. The van der Waals surface area contributed by atoms with Crippen LogP contribution in [0.25, 0.3) is 16.5 Å². The van der Waals surface area contributed by atoms with Crippen molar-refractivity contribution in [3.63, 3.8) is 0 Å². The van der Waals surface area contributed by atoms with Crippen LogP contribution in [0.5, 0.6) is 5.75 Å². The van der Waals surface area contributed by atoms with Gasteiger partial charge in [-0.1, -0.05) is 17.8 Å². The predicted octanol–water partition coefficient (Wildman–Crippen LogP) is 6.22. The number of aromatic amines is 1. The largest absolute Gasteiger partial charge is 0.494 e. The van der Waals surface area contributed by atoms with Gasteiger partial charge in [0.15, 0.2) is 0 Å². The quantitative estimate of drug-likeness (QED) is 0.540. The summed E-state index contributed by atoms with van der Waals surface area (Å²) >= 11 is 1.80. The Hall–Kier alpha value is -2.17. The van der Waals surface area contributed by atoms with Crippen LogP contribution < -0.4 is 4.74 Å². The van der Waals surface area contributed by atoms with Gasteiger partial charge in [-0.05, 0) is 75.2 Å². The number of hydrogen-bond donors (Lipinski definition) is 1. The first-order valence-electron chi connectivity index (χ1n) is 10.1. The number of fused-ring (bicyclic) bond motifs is 1. The number of aromatic nitrogens is 1. The fourth-order valence-corrected chi connectivity index (χ4v) is 4.59. The lowest BCUT2D eigenvalue weighted by molar-refractivity contribution is 0.245. The van der Waals surface area contributed by atoms with E-state index in [0.29, 0.717) is 12.6 Å². The molecule has 3 aromatic rings. The Balaban J connectivity index is 1.56. The van der Waals surface area contributed by atoms with Gasteiger partial charge in [-0.15, -0.1) is 0 Å². The highest BCUT2D eigenvalue weighted by molar-refractivity contribution is 7.99. The van der Waals surface area contributed by atoms with Crippen molar-refractivity contribution in [2.24, 2.45) is 0 Å². The zero-order chi connectivity index (χ0) is 19.5. The van der Waals surface area contributed by atoms with E-state index < -0.39 is 0 Å². The van der Waals surface area contributed by atoms with Crippen molar-refractivity contribution in [3.05, 3.63) is 60.3 Å². The van der Waals surface area contributed by atoms with Crippen molar-refractivity contribution in [2.45, 2.75) is 43.0 Å². The van der Waals surface area contributed by atoms with Crippen LogP contribution in [0.2, 0.25) is 0 Å². The number of benzene rings is 2. The number of nitrogens with one attached hydrogen (secondary N) is 1. The molecule has 0 radical (unpaired) electrons. The van der Waals surface area contributed by atoms with Gasteiger partial charge in [-0.2, -0.15) is 0 Å². The summed E-state index contributed by atoms with van der Waals surface area (Å²) in [5, 5.41) is 1.32. The second kappa shape index (κ2) is 8.46. The van der Waals surface area contributed by atoms with Gasteiger partial charge in [0.25, 0.3) is 0 Å². The summed E-state index contributed by atoms with van der Waals surface area (Å²) in [5.74, 6) is 0.926. The lowest BCUT2D eigenvalue weighted by Gasteiger charge is -2.29. The molecule has 0 amide bonds. The highest BCUT2D eigenvalue weighted by atomic mass is 32.2. The molecule has 0 aliphatic carbocycles. The SMILES string of the molecule is CCOc1ccc(Sc2ccc3[nH]cc(C4=CCN(C(C)C)CC4)c3c2)cc1. The maximum Gasteiger partial charge on any atom is 0.119 e. The first-order valence-corrected chi connectivity index (χ1v) is 10.9. The molecule has 1 aromatic heterocycles. The number of H-pyrrole nitrogens is 1. The molecule has 0 atom stereocenters. The third kappa shape index (κ3) is 4.13. The normalized spacial score (nSPS) is 15.2. The van der Waals surface area contributed by atoms with Gasteiger partial charge >= 0.3 is 0 Å². The van der Waals surface area contributed by atoms with Crippen molar-refractivity contribution in [1.82, 2.24) is 9.88 Å². The van der Waals surface area contributed by atoms with Crippen molar-refractivity contribution >= 4 is 28.2 Å². The lowest BCUT2D eigenvalue weighted by Crippen LogP contribution is -2.34. The molecule has 2 aromatic carbocycles. The molecule has 0 saturated carbocycles. The smallest absolute Gasteiger partial charge is 0.119 e. The average Bonchev–Trinajstić information content (AvgIpc) is 3.13. The van der Waals surface area contributed by atoms with Crippen molar-refractivity contribution < 1.29 is 4.74 Å². The van der Waals surface area contributed by atoms with E-state index in [0.717, 1.165) is 25.3 Å². The van der Waals surface area contributed by atoms with Crippen molar-refractivity contribution in [2.75, 3.05) is 19.7 Å². The summed E-state index contributed by atoms with van der Waals surface area (Å²) in [6.45, 7) is 9.43. The van der Waals surface area contributed by atoms with E-state index in [2.05, 4.69) is 66.3 Å². The number of hydrogen-bond acceptors (Lipinski definition) is 3. The van der Waals surface area contributed by atoms with Crippen LogP contribution >= 0.6 is 11.8 Å². The molecule has 1 N–H and O–H groups in total. The first kappa shape index (κ1) is 19.2. The van der Waals surface area contributed by atoms with Gasteiger partial charge in [0, 0.05) is 51.6 Å². The molecule has 146 valence electrons. The summed E-state index contributed by atoms with van der Waals surface area (Å²) < 4.78 is 5.54. The average molecular weight is 393 g/mol. The Bertz CT molecular complexity index is 972. The number of rotatable bonds is 6. The van der Waals surface area contributed by atoms with Gasteiger partial charge in [0.1, 0.15) is 5.75 Å². The summed E-state index contributed by atoms with van der Waals surface area (Å²) in [5.41, 5.74) is 4.03. The van der Waals surface area contributed by atoms with Crippen LogP contribution in [-0.2, 0) is 0 Å². The van der Waals surface area contributed by atoms with E-state index in [-0.39, 0.29) is 0 Å². The Morgan fingerprint density at radius 3 is 2.57 bits per heavy atom. The molecule has 0 unspecified atom stereocenters. The van der Waals surface area contributed by atoms with Crippen LogP contribution in [0.4, 0.5) is 0 Å². The second-order valence-corrected chi connectivity index (χ2v) is 8.63.